The maximum atomic E-state index is 12.3. The van der Waals surface area contributed by atoms with Crippen LogP contribution < -0.4 is 5.32 Å². The van der Waals surface area contributed by atoms with Gasteiger partial charge in [0.05, 0.1) is 10.6 Å². The molecule has 0 atom stereocenters. The van der Waals surface area contributed by atoms with Crippen LogP contribution in [0.3, 0.4) is 0 Å². The van der Waals surface area contributed by atoms with E-state index in [2.05, 4.69) is 26.2 Å². The lowest BCUT2D eigenvalue weighted by molar-refractivity contribution is -0.115. The van der Waals surface area contributed by atoms with Crippen molar-refractivity contribution in [2.24, 2.45) is 4.99 Å². The number of nitrogens with zero attached hydrogens (tertiary/aromatic N) is 1. The summed E-state index contributed by atoms with van der Waals surface area (Å²) >= 11 is 10.7. The fraction of sp³-hybridized carbons (Fsp3) is 0.0476. The highest BCUT2D eigenvalue weighted by Crippen LogP contribution is 2.33. The first-order valence-corrected chi connectivity index (χ1v) is 10.4. The molecule has 0 saturated carbocycles. The monoisotopic (exact) mass is 472 g/mol. The highest BCUT2D eigenvalue weighted by molar-refractivity contribution is 9.10. The van der Waals surface area contributed by atoms with E-state index in [4.69, 9.17) is 16.0 Å². The largest absolute Gasteiger partial charge is 0.457 e. The van der Waals surface area contributed by atoms with E-state index in [1.165, 1.54) is 11.8 Å². The Morgan fingerprint density at radius 3 is 2.68 bits per heavy atom. The highest BCUT2D eigenvalue weighted by atomic mass is 79.9. The van der Waals surface area contributed by atoms with Crippen molar-refractivity contribution in [1.29, 1.82) is 0 Å². The van der Waals surface area contributed by atoms with Crippen LogP contribution in [0.15, 0.2) is 73.4 Å². The molecule has 2 heterocycles. The van der Waals surface area contributed by atoms with Crippen LogP contribution >= 0.6 is 39.3 Å². The summed E-state index contributed by atoms with van der Waals surface area (Å²) in [5, 5.41) is 3.93. The van der Waals surface area contributed by atoms with Gasteiger partial charge < -0.3 is 9.73 Å². The first kappa shape index (κ1) is 19.1. The Balaban J connectivity index is 1.55. The van der Waals surface area contributed by atoms with E-state index in [0.29, 0.717) is 20.9 Å². The molecule has 1 fully saturated rings. The van der Waals surface area contributed by atoms with E-state index in [1.807, 2.05) is 37.3 Å². The molecule has 0 bridgehead atoms. The van der Waals surface area contributed by atoms with E-state index in [-0.39, 0.29) is 5.91 Å². The van der Waals surface area contributed by atoms with E-state index in [1.54, 1.807) is 30.3 Å². The molecule has 1 aliphatic heterocycles. The van der Waals surface area contributed by atoms with Crippen LogP contribution in [0.4, 0.5) is 5.69 Å². The van der Waals surface area contributed by atoms with Crippen molar-refractivity contribution >= 4 is 62.1 Å². The maximum Gasteiger partial charge on any atom is 0.264 e. The van der Waals surface area contributed by atoms with Gasteiger partial charge in [-0.2, -0.15) is 0 Å². The lowest BCUT2D eigenvalue weighted by Crippen LogP contribution is -2.19. The minimum Gasteiger partial charge on any atom is -0.457 e. The minimum atomic E-state index is -0.202. The van der Waals surface area contributed by atoms with Gasteiger partial charge in [-0.3, -0.25) is 4.79 Å². The van der Waals surface area contributed by atoms with Gasteiger partial charge in [-0.15, -0.1) is 0 Å². The first-order chi connectivity index (χ1) is 13.5. The summed E-state index contributed by atoms with van der Waals surface area (Å²) in [6, 6.07) is 16.9. The lowest BCUT2D eigenvalue weighted by atomic mass is 10.1. The number of aliphatic imine (C=N–C) groups is 1. The summed E-state index contributed by atoms with van der Waals surface area (Å²) in [7, 11) is 0. The number of hydrogen-bond donors (Lipinski definition) is 1. The van der Waals surface area contributed by atoms with Gasteiger partial charge >= 0.3 is 0 Å². The van der Waals surface area contributed by atoms with Gasteiger partial charge in [-0.05, 0) is 72.8 Å². The number of furan rings is 1. The molecule has 1 N–H and O–H groups in total. The first-order valence-electron chi connectivity index (χ1n) is 8.39. The number of amides is 1. The molecule has 4 nitrogen and oxygen atoms in total. The van der Waals surface area contributed by atoms with Crippen LogP contribution in [0.1, 0.15) is 11.3 Å². The Bertz CT molecular complexity index is 1120. The van der Waals surface area contributed by atoms with Crippen LogP contribution in [-0.2, 0) is 4.79 Å². The zero-order chi connectivity index (χ0) is 19.7. The van der Waals surface area contributed by atoms with Crippen LogP contribution in [-0.4, -0.2) is 11.1 Å². The lowest BCUT2D eigenvalue weighted by Gasteiger charge is -2.02. The van der Waals surface area contributed by atoms with Gasteiger partial charge in [-0.25, -0.2) is 4.99 Å². The Kier molecular flexibility index (Phi) is 5.44. The molecule has 0 spiro atoms. The number of aryl methyl sites for hydroxylation is 1. The van der Waals surface area contributed by atoms with Gasteiger partial charge in [0.15, 0.2) is 5.17 Å². The van der Waals surface area contributed by atoms with Gasteiger partial charge in [0.1, 0.15) is 11.5 Å². The number of amidine groups is 1. The molecule has 0 aliphatic carbocycles. The van der Waals surface area contributed by atoms with E-state index in [0.717, 1.165) is 27.0 Å². The van der Waals surface area contributed by atoms with Gasteiger partial charge in [0.25, 0.3) is 5.91 Å². The van der Waals surface area contributed by atoms with Crippen molar-refractivity contribution in [3.05, 3.63) is 80.3 Å². The summed E-state index contributed by atoms with van der Waals surface area (Å²) < 4.78 is 6.88. The Labute approximate surface area is 179 Å². The minimum absolute atomic E-state index is 0.202. The molecule has 28 heavy (non-hydrogen) atoms. The molecule has 3 aromatic rings. The molecule has 1 amide bonds. The third-order valence-electron chi connectivity index (χ3n) is 4.00. The fourth-order valence-electron chi connectivity index (χ4n) is 2.64. The van der Waals surface area contributed by atoms with Crippen LogP contribution in [0.5, 0.6) is 0 Å². The molecule has 1 aliphatic rings. The second kappa shape index (κ2) is 7.99. The van der Waals surface area contributed by atoms with E-state index < -0.39 is 0 Å². The summed E-state index contributed by atoms with van der Waals surface area (Å²) in [4.78, 5) is 17.2. The average Bonchev–Trinajstić information content (AvgIpc) is 3.24. The normalized spacial score (nSPS) is 16.8. The maximum absolute atomic E-state index is 12.3. The zero-order valence-corrected chi connectivity index (χ0v) is 17.9. The highest BCUT2D eigenvalue weighted by Gasteiger charge is 2.24. The van der Waals surface area contributed by atoms with Crippen molar-refractivity contribution in [3.8, 4) is 11.3 Å². The van der Waals surface area contributed by atoms with E-state index in [9.17, 15) is 4.79 Å². The predicted molar refractivity (Wildman–Crippen MR) is 119 cm³/mol. The molecular weight excluding hydrogens is 460 g/mol. The summed E-state index contributed by atoms with van der Waals surface area (Å²) in [5.74, 6) is 1.14. The van der Waals surface area contributed by atoms with Crippen LogP contribution in [0, 0.1) is 6.92 Å². The molecule has 2 aromatic carbocycles. The standard InChI is InChI=1S/C21H14BrClN2O2S/c1-12-2-8-16(17(22)10-12)18-9-7-15(27-18)11-19-20(26)25-21(28-19)24-14-5-3-13(23)4-6-14/h2-11H,1H3,(H,24,25,26)/b19-11-. The molecule has 4 rings (SSSR count). The molecule has 0 unspecified atom stereocenters. The number of hydrogen-bond acceptors (Lipinski definition) is 4. The van der Waals surface area contributed by atoms with Crippen molar-refractivity contribution in [2.75, 3.05) is 0 Å². The zero-order valence-electron chi connectivity index (χ0n) is 14.7. The number of thioether (sulfide) groups is 1. The van der Waals surface area contributed by atoms with Crippen molar-refractivity contribution < 1.29 is 9.21 Å². The van der Waals surface area contributed by atoms with Crippen molar-refractivity contribution in [2.45, 2.75) is 6.92 Å². The summed E-state index contributed by atoms with van der Waals surface area (Å²) in [5.41, 5.74) is 2.85. The Morgan fingerprint density at radius 1 is 1.14 bits per heavy atom. The number of carbonyl (C=O) groups is 1. The molecule has 1 aromatic heterocycles. The van der Waals surface area contributed by atoms with Gasteiger partial charge in [0.2, 0.25) is 0 Å². The number of rotatable bonds is 3. The second-order valence-corrected chi connectivity index (χ2v) is 8.46. The van der Waals surface area contributed by atoms with Gasteiger partial charge in [-0.1, -0.05) is 33.6 Å². The van der Waals surface area contributed by atoms with Crippen LogP contribution in [0.2, 0.25) is 5.02 Å². The number of benzene rings is 2. The van der Waals surface area contributed by atoms with Crippen molar-refractivity contribution in [1.82, 2.24) is 5.32 Å². The van der Waals surface area contributed by atoms with E-state index >= 15 is 0 Å². The smallest absolute Gasteiger partial charge is 0.264 e. The quantitative estimate of drug-likeness (QED) is 0.438. The molecular formula is C21H14BrClN2O2S. The summed E-state index contributed by atoms with van der Waals surface area (Å²) in [6.45, 7) is 2.03. The molecule has 7 heteroatoms. The number of halogens is 2. The van der Waals surface area contributed by atoms with Gasteiger partial charge in [0, 0.05) is 21.1 Å². The fourth-order valence-corrected chi connectivity index (χ4v) is 4.27. The second-order valence-electron chi connectivity index (χ2n) is 6.14. The molecule has 140 valence electrons. The SMILES string of the molecule is Cc1ccc(-c2ccc(/C=C3\SC(=Nc4ccc(Cl)cc4)NC3=O)o2)c(Br)c1. The Morgan fingerprint density at radius 2 is 1.93 bits per heavy atom. The average molecular weight is 474 g/mol. The molecule has 1 saturated heterocycles. The third kappa shape index (κ3) is 4.24. The summed E-state index contributed by atoms with van der Waals surface area (Å²) in [6.07, 6.45) is 1.72. The molecule has 0 radical (unpaired) electrons. The van der Waals surface area contributed by atoms with Crippen LogP contribution in [0.25, 0.3) is 17.4 Å². The third-order valence-corrected chi connectivity index (χ3v) is 5.82. The number of nitrogens with one attached hydrogen (secondary N) is 1. The predicted octanol–water partition coefficient (Wildman–Crippen LogP) is 6.56. The van der Waals surface area contributed by atoms with Crippen molar-refractivity contribution in [3.63, 3.8) is 0 Å². The topological polar surface area (TPSA) is 54.6 Å². The Hall–Kier alpha value is -2.28. The number of carbonyl (C=O) groups excluding carboxylic acids is 1.